The minimum absolute atomic E-state index is 0.0750. The molecular formula is C13H29NO. The molecule has 0 rings (SSSR count). The molecule has 92 valence electrons. The third-order valence-electron chi connectivity index (χ3n) is 3.88. The summed E-state index contributed by atoms with van der Waals surface area (Å²) in [5.41, 5.74) is 6.09. The molecule has 0 amide bonds. The van der Waals surface area contributed by atoms with Crippen molar-refractivity contribution in [1.82, 2.24) is 0 Å². The van der Waals surface area contributed by atoms with E-state index in [9.17, 15) is 5.11 Å². The molecule has 2 heteroatoms. The van der Waals surface area contributed by atoms with Crippen LogP contribution in [-0.2, 0) is 0 Å². The summed E-state index contributed by atoms with van der Waals surface area (Å²) < 4.78 is 0. The van der Waals surface area contributed by atoms with Crippen LogP contribution in [0.3, 0.4) is 0 Å². The lowest BCUT2D eigenvalue weighted by Gasteiger charge is -2.32. The molecule has 0 bridgehead atoms. The molecule has 2 nitrogen and oxygen atoms in total. The minimum Gasteiger partial charge on any atom is -0.391 e. The molecule has 1 unspecified atom stereocenters. The molecule has 5 atom stereocenters. The average Bonchev–Trinajstić information content (AvgIpc) is 2.25. The number of hydrogen-bond donors (Lipinski definition) is 2. The fourth-order valence-electron chi connectivity index (χ4n) is 2.04. The first-order valence-electron chi connectivity index (χ1n) is 6.39. The average molecular weight is 215 g/mol. The monoisotopic (exact) mass is 215 g/mol. The fourth-order valence-corrected chi connectivity index (χ4v) is 2.04. The maximum absolute atomic E-state index is 10.2. The topological polar surface area (TPSA) is 46.2 Å². The lowest BCUT2D eigenvalue weighted by Crippen LogP contribution is -2.45. The molecule has 15 heavy (non-hydrogen) atoms. The highest BCUT2D eigenvalue weighted by atomic mass is 16.3. The SMILES string of the molecule is CCC[C@H](C)C(N)[C@@H](O)[C@H](C)[C@@H](C)CC. The summed E-state index contributed by atoms with van der Waals surface area (Å²) in [6, 6.07) is -0.0750. The van der Waals surface area contributed by atoms with Gasteiger partial charge in [0.1, 0.15) is 0 Å². The quantitative estimate of drug-likeness (QED) is 0.686. The van der Waals surface area contributed by atoms with Gasteiger partial charge in [0.15, 0.2) is 0 Å². The van der Waals surface area contributed by atoms with Gasteiger partial charge in [-0.3, -0.25) is 0 Å². The van der Waals surface area contributed by atoms with Crippen molar-refractivity contribution < 1.29 is 5.11 Å². The van der Waals surface area contributed by atoms with Crippen LogP contribution < -0.4 is 5.73 Å². The van der Waals surface area contributed by atoms with Crippen LogP contribution >= 0.6 is 0 Å². The molecule has 0 aliphatic heterocycles. The molecule has 0 spiro atoms. The van der Waals surface area contributed by atoms with Crippen LogP contribution in [0, 0.1) is 17.8 Å². The van der Waals surface area contributed by atoms with Gasteiger partial charge in [-0.25, -0.2) is 0 Å². The van der Waals surface area contributed by atoms with Gasteiger partial charge < -0.3 is 10.8 Å². The van der Waals surface area contributed by atoms with Crippen LogP contribution in [-0.4, -0.2) is 17.3 Å². The lowest BCUT2D eigenvalue weighted by molar-refractivity contribution is 0.0454. The van der Waals surface area contributed by atoms with Crippen LogP contribution in [0.1, 0.15) is 53.9 Å². The molecule has 0 saturated heterocycles. The first kappa shape index (κ1) is 14.9. The highest BCUT2D eigenvalue weighted by Crippen LogP contribution is 2.23. The molecule has 3 N–H and O–H groups in total. The van der Waals surface area contributed by atoms with Gasteiger partial charge in [-0.1, -0.05) is 47.5 Å². The Morgan fingerprint density at radius 2 is 1.60 bits per heavy atom. The van der Waals surface area contributed by atoms with Crippen molar-refractivity contribution in [2.45, 2.75) is 66.0 Å². The fraction of sp³-hybridized carbons (Fsp3) is 1.00. The van der Waals surface area contributed by atoms with E-state index in [2.05, 4.69) is 34.6 Å². The van der Waals surface area contributed by atoms with Crippen molar-refractivity contribution in [3.05, 3.63) is 0 Å². The maximum atomic E-state index is 10.2. The molecule has 0 aromatic carbocycles. The van der Waals surface area contributed by atoms with E-state index in [1.54, 1.807) is 0 Å². The van der Waals surface area contributed by atoms with Crippen molar-refractivity contribution in [3.63, 3.8) is 0 Å². The van der Waals surface area contributed by atoms with E-state index in [0.29, 0.717) is 17.8 Å². The van der Waals surface area contributed by atoms with Gasteiger partial charge in [0, 0.05) is 6.04 Å². The Bertz CT molecular complexity index is 161. The van der Waals surface area contributed by atoms with Crippen molar-refractivity contribution >= 4 is 0 Å². The van der Waals surface area contributed by atoms with E-state index >= 15 is 0 Å². The largest absolute Gasteiger partial charge is 0.391 e. The Hall–Kier alpha value is -0.0800. The molecule has 0 fully saturated rings. The summed E-state index contributed by atoms with van der Waals surface area (Å²) >= 11 is 0. The Balaban J connectivity index is 4.22. The molecule has 0 aromatic heterocycles. The molecule has 0 aliphatic rings. The molecule has 0 heterocycles. The second-order valence-electron chi connectivity index (χ2n) is 5.08. The normalized spacial score (nSPS) is 21.8. The summed E-state index contributed by atoms with van der Waals surface area (Å²) in [6.45, 7) is 10.8. The summed E-state index contributed by atoms with van der Waals surface area (Å²) in [5.74, 6) is 1.25. The van der Waals surface area contributed by atoms with Gasteiger partial charge in [0.2, 0.25) is 0 Å². The van der Waals surface area contributed by atoms with Crippen LogP contribution in [0.2, 0.25) is 0 Å². The van der Waals surface area contributed by atoms with E-state index in [-0.39, 0.29) is 12.1 Å². The second-order valence-corrected chi connectivity index (χ2v) is 5.08. The van der Waals surface area contributed by atoms with Crippen LogP contribution in [0.15, 0.2) is 0 Å². The van der Waals surface area contributed by atoms with Crippen molar-refractivity contribution in [2.75, 3.05) is 0 Å². The van der Waals surface area contributed by atoms with Gasteiger partial charge in [-0.15, -0.1) is 0 Å². The number of nitrogens with two attached hydrogens (primary N) is 1. The summed E-state index contributed by atoms with van der Waals surface area (Å²) in [5, 5.41) is 10.2. The van der Waals surface area contributed by atoms with Crippen LogP contribution in [0.5, 0.6) is 0 Å². The highest BCUT2D eigenvalue weighted by molar-refractivity contribution is 4.82. The Morgan fingerprint density at radius 1 is 1.07 bits per heavy atom. The lowest BCUT2D eigenvalue weighted by atomic mass is 9.81. The number of rotatable bonds is 7. The summed E-state index contributed by atoms with van der Waals surface area (Å²) in [4.78, 5) is 0. The second kappa shape index (κ2) is 7.24. The summed E-state index contributed by atoms with van der Waals surface area (Å²) in [6.07, 6.45) is 2.99. The van der Waals surface area contributed by atoms with Gasteiger partial charge >= 0.3 is 0 Å². The highest BCUT2D eigenvalue weighted by Gasteiger charge is 2.28. The van der Waals surface area contributed by atoms with Crippen LogP contribution in [0.25, 0.3) is 0 Å². The Morgan fingerprint density at radius 3 is 2.00 bits per heavy atom. The van der Waals surface area contributed by atoms with E-state index in [1.165, 1.54) is 0 Å². The van der Waals surface area contributed by atoms with Crippen molar-refractivity contribution in [2.24, 2.45) is 23.5 Å². The molecular weight excluding hydrogens is 186 g/mol. The molecule has 0 radical (unpaired) electrons. The van der Waals surface area contributed by atoms with E-state index in [0.717, 1.165) is 19.3 Å². The van der Waals surface area contributed by atoms with E-state index in [4.69, 9.17) is 5.73 Å². The van der Waals surface area contributed by atoms with Crippen molar-refractivity contribution in [1.29, 1.82) is 0 Å². The van der Waals surface area contributed by atoms with Gasteiger partial charge in [0.05, 0.1) is 6.10 Å². The minimum atomic E-state index is -0.360. The number of hydrogen-bond acceptors (Lipinski definition) is 2. The van der Waals surface area contributed by atoms with E-state index in [1.807, 2.05) is 0 Å². The Kier molecular flexibility index (Phi) is 7.20. The predicted octanol–water partition coefficient (Wildman–Crippen LogP) is 2.79. The van der Waals surface area contributed by atoms with Gasteiger partial charge in [-0.05, 0) is 24.2 Å². The molecule has 0 saturated carbocycles. The van der Waals surface area contributed by atoms with Crippen molar-refractivity contribution in [3.8, 4) is 0 Å². The standard InChI is InChI=1S/C13H29NO/c1-6-8-10(4)12(14)13(15)11(5)9(3)7-2/h9-13,15H,6-8,14H2,1-5H3/t9-,10-,11+,12?,13-/m0/s1. The summed E-state index contributed by atoms with van der Waals surface area (Å²) in [7, 11) is 0. The zero-order valence-electron chi connectivity index (χ0n) is 11.0. The third kappa shape index (κ3) is 4.52. The zero-order chi connectivity index (χ0) is 12.0. The zero-order valence-corrected chi connectivity index (χ0v) is 11.0. The maximum Gasteiger partial charge on any atom is 0.0721 e. The predicted molar refractivity (Wildman–Crippen MR) is 66.7 cm³/mol. The van der Waals surface area contributed by atoms with Crippen LogP contribution in [0.4, 0.5) is 0 Å². The molecule has 0 aliphatic carbocycles. The first-order valence-corrected chi connectivity index (χ1v) is 6.39. The Labute approximate surface area is 95.3 Å². The first-order chi connectivity index (χ1) is 6.95. The van der Waals surface area contributed by atoms with Gasteiger partial charge in [-0.2, -0.15) is 0 Å². The van der Waals surface area contributed by atoms with E-state index < -0.39 is 0 Å². The smallest absolute Gasteiger partial charge is 0.0721 e. The number of aliphatic hydroxyl groups is 1. The van der Waals surface area contributed by atoms with Gasteiger partial charge in [0.25, 0.3) is 0 Å². The number of aliphatic hydroxyl groups excluding tert-OH is 1. The molecule has 0 aromatic rings. The third-order valence-corrected chi connectivity index (χ3v) is 3.88.